The van der Waals surface area contributed by atoms with Crippen molar-refractivity contribution < 1.29 is 9.32 Å². The zero-order chi connectivity index (χ0) is 16.7. The maximum absolute atomic E-state index is 12.5. The minimum atomic E-state index is -0.183. The number of carbonyl (C=O) groups excluding carboxylic acids is 1. The lowest BCUT2D eigenvalue weighted by Gasteiger charge is -2.12. The van der Waals surface area contributed by atoms with Crippen molar-refractivity contribution in [2.45, 2.75) is 32.2 Å². The van der Waals surface area contributed by atoms with E-state index in [1.54, 1.807) is 24.5 Å². The molecule has 0 unspecified atom stereocenters. The van der Waals surface area contributed by atoms with Gasteiger partial charge in [-0.2, -0.15) is 10.1 Å². The molecule has 124 valence electrons. The molecular formula is C16H17N5O2S. The minimum Gasteiger partial charge on any atom is -0.337 e. The first-order valence-electron chi connectivity index (χ1n) is 7.80. The summed E-state index contributed by atoms with van der Waals surface area (Å²) in [6.45, 7) is 2.32. The van der Waals surface area contributed by atoms with Crippen molar-refractivity contribution in [2.75, 3.05) is 7.05 Å². The molecule has 1 saturated carbocycles. The molecule has 1 aliphatic carbocycles. The monoisotopic (exact) mass is 343 g/mol. The van der Waals surface area contributed by atoms with Crippen LogP contribution >= 0.6 is 11.3 Å². The van der Waals surface area contributed by atoms with Gasteiger partial charge in [0.05, 0.1) is 10.6 Å². The summed E-state index contributed by atoms with van der Waals surface area (Å²) in [6.07, 6.45) is 2.23. The SMILES string of the molecule is Cc1ccc(-c2cc(C(=O)N(C)Cc3nc(C4CC4)no3)n[nH]2)s1. The van der Waals surface area contributed by atoms with E-state index in [1.165, 1.54) is 9.78 Å². The summed E-state index contributed by atoms with van der Waals surface area (Å²) in [6, 6.07) is 5.83. The van der Waals surface area contributed by atoms with Crippen LogP contribution in [0.2, 0.25) is 0 Å². The van der Waals surface area contributed by atoms with Gasteiger partial charge in [0.25, 0.3) is 5.91 Å². The fourth-order valence-electron chi connectivity index (χ4n) is 2.45. The summed E-state index contributed by atoms with van der Waals surface area (Å²) in [7, 11) is 1.70. The lowest BCUT2D eigenvalue weighted by atomic mass is 10.3. The maximum Gasteiger partial charge on any atom is 0.274 e. The first-order valence-corrected chi connectivity index (χ1v) is 8.62. The number of nitrogens with one attached hydrogen (secondary N) is 1. The van der Waals surface area contributed by atoms with Crippen LogP contribution in [-0.4, -0.2) is 38.2 Å². The number of carbonyl (C=O) groups is 1. The van der Waals surface area contributed by atoms with E-state index >= 15 is 0 Å². The van der Waals surface area contributed by atoms with E-state index in [9.17, 15) is 4.79 Å². The van der Waals surface area contributed by atoms with Crippen molar-refractivity contribution >= 4 is 17.2 Å². The summed E-state index contributed by atoms with van der Waals surface area (Å²) in [5.41, 5.74) is 1.22. The number of H-pyrrole nitrogens is 1. The summed E-state index contributed by atoms with van der Waals surface area (Å²) < 4.78 is 5.22. The molecule has 1 fully saturated rings. The van der Waals surface area contributed by atoms with E-state index in [4.69, 9.17) is 4.52 Å². The molecule has 3 aromatic heterocycles. The Bertz CT molecular complexity index is 877. The summed E-state index contributed by atoms with van der Waals surface area (Å²) in [4.78, 5) is 20.7. The zero-order valence-electron chi connectivity index (χ0n) is 13.4. The van der Waals surface area contributed by atoms with E-state index in [-0.39, 0.29) is 12.5 Å². The second-order valence-electron chi connectivity index (χ2n) is 6.06. The molecule has 0 aliphatic heterocycles. The number of aromatic amines is 1. The zero-order valence-corrected chi connectivity index (χ0v) is 14.3. The Hall–Kier alpha value is -2.48. The minimum absolute atomic E-state index is 0.183. The van der Waals surface area contributed by atoms with Gasteiger partial charge < -0.3 is 9.42 Å². The van der Waals surface area contributed by atoms with Gasteiger partial charge in [-0.25, -0.2) is 0 Å². The van der Waals surface area contributed by atoms with E-state index < -0.39 is 0 Å². The molecule has 1 aliphatic rings. The molecule has 0 spiro atoms. The molecule has 8 heteroatoms. The normalized spacial score (nSPS) is 14.1. The van der Waals surface area contributed by atoms with Gasteiger partial charge in [-0.3, -0.25) is 9.89 Å². The number of hydrogen-bond donors (Lipinski definition) is 1. The largest absolute Gasteiger partial charge is 0.337 e. The van der Waals surface area contributed by atoms with Crippen LogP contribution in [0.25, 0.3) is 10.6 Å². The van der Waals surface area contributed by atoms with Gasteiger partial charge in [0.1, 0.15) is 6.54 Å². The molecule has 24 heavy (non-hydrogen) atoms. The van der Waals surface area contributed by atoms with Gasteiger partial charge in [-0.15, -0.1) is 11.3 Å². The number of rotatable bonds is 5. The molecule has 0 aromatic carbocycles. The second kappa shape index (κ2) is 5.86. The molecule has 3 heterocycles. The topological polar surface area (TPSA) is 87.9 Å². The lowest BCUT2D eigenvalue weighted by Crippen LogP contribution is -2.26. The second-order valence-corrected chi connectivity index (χ2v) is 7.35. The third-order valence-corrected chi connectivity index (χ3v) is 4.98. The van der Waals surface area contributed by atoms with Crippen LogP contribution in [0.5, 0.6) is 0 Å². The molecule has 0 radical (unpaired) electrons. The van der Waals surface area contributed by atoms with Crippen LogP contribution in [0.3, 0.4) is 0 Å². The van der Waals surface area contributed by atoms with Gasteiger partial charge >= 0.3 is 0 Å². The maximum atomic E-state index is 12.5. The fraction of sp³-hybridized carbons (Fsp3) is 0.375. The van der Waals surface area contributed by atoms with E-state index in [0.29, 0.717) is 17.5 Å². The highest BCUT2D eigenvalue weighted by Crippen LogP contribution is 2.38. The summed E-state index contributed by atoms with van der Waals surface area (Å²) in [5.74, 6) is 1.46. The quantitative estimate of drug-likeness (QED) is 0.769. The van der Waals surface area contributed by atoms with Gasteiger partial charge in [0.15, 0.2) is 11.5 Å². The number of nitrogens with zero attached hydrogens (tertiary/aromatic N) is 4. The number of aryl methyl sites for hydroxylation is 1. The Morgan fingerprint density at radius 1 is 1.46 bits per heavy atom. The standard InChI is InChI=1S/C16H17N5O2S/c1-9-3-6-13(24-9)11-7-12(19-18-11)16(22)21(2)8-14-17-15(20-23-14)10-4-5-10/h3,6-7,10H,4-5,8H2,1-2H3,(H,18,19). The van der Waals surface area contributed by atoms with Crippen molar-refractivity contribution in [1.29, 1.82) is 0 Å². The molecule has 3 aromatic rings. The van der Waals surface area contributed by atoms with Gasteiger partial charge in [-0.05, 0) is 38.0 Å². The first-order chi connectivity index (χ1) is 11.6. The Morgan fingerprint density at radius 3 is 3.00 bits per heavy atom. The average molecular weight is 343 g/mol. The smallest absolute Gasteiger partial charge is 0.274 e. The summed E-state index contributed by atoms with van der Waals surface area (Å²) in [5, 5.41) is 11.0. The predicted octanol–water partition coefficient (Wildman–Crippen LogP) is 2.98. The van der Waals surface area contributed by atoms with Crippen molar-refractivity contribution in [3.8, 4) is 10.6 Å². The third-order valence-electron chi connectivity index (χ3n) is 3.95. The van der Waals surface area contributed by atoms with Crippen molar-refractivity contribution in [3.05, 3.63) is 40.5 Å². The van der Waals surface area contributed by atoms with E-state index in [2.05, 4.69) is 20.3 Å². The fourth-order valence-corrected chi connectivity index (χ4v) is 3.28. The van der Waals surface area contributed by atoms with Gasteiger partial charge in [-0.1, -0.05) is 5.16 Å². The highest BCUT2D eigenvalue weighted by Gasteiger charge is 2.29. The Balaban J connectivity index is 1.45. The lowest BCUT2D eigenvalue weighted by molar-refractivity contribution is 0.0763. The summed E-state index contributed by atoms with van der Waals surface area (Å²) >= 11 is 1.66. The Kier molecular flexibility index (Phi) is 3.68. The van der Waals surface area contributed by atoms with Crippen LogP contribution in [0.1, 0.15) is 45.8 Å². The number of amides is 1. The molecule has 4 rings (SSSR count). The third kappa shape index (κ3) is 2.96. The van der Waals surface area contributed by atoms with Crippen LogP contribution in [-0.2, 0) is 6.54 Å². The molecule has 0 bridgehead atoms. The average Bonchev–Trinajstić information content (AvgIpc) is 2.98. The first kappa shape index (κ1) is 15.1. The number of thiophene rings is 1. The van der Waals surface area contributed by atoms with Gasteiger partial charge in [0.2, 0.25) is 5.89 Å². The van der Waals surface area contributed by atoms with Crippen LogP contribution < -0.4 is 0 Å². The number of hydrogen-bond acceptors (Lipinski definition) is 6. The molecule has 1 N–H and O–H groups in total. The Morgan fingerprint density at radius 2 is 2.29 bits per heavy atom. The van der Waals surface area contributed by atoms with E-state index in [1.807, 2.05) is 19.1 Å². The molecular weight excluding hydrogens is 326 g/mol. The molecule has 7 nitrogen and oxygen atoms in total. The molecule has 0 atom stereocenters. The van der Waals surface area contributed by atoms with Crippen LogP contribution in [0.4, 0.5) is 0 Å². The van der Waals surface area contributed by atoms with Crippen LogP contribution in [0, 0.1) is 6.92 Å². The molecule has 0 saturated heterocycles. The van der Waals surface area contributed by atoms with Crippen molar-refractivity contribution in [3.63, 3.8) is 0 Å². The predicted molar refractivity (Wildman–Crippen MR) is 88.7 cm³/mol. The molecule has 1 amide bonds. The van der Waals surface area contributed by atoms with Gasteiger partial charge in [0, 0.05) is 17.8 Å². The van der Waals surface area contributed by atoms with Crippen molar-refractivity contribution in [1.82, 2.24) is 25.2 Å². The van der Waals surface area contributed by atoms with Crippen molar-refractivity contribution in [2.24, 2.45) is 0 Å². The highest BCUT2D eigenvalue weighted by atomic mass is 32.1. The van der Waals surface area contributed by atoms with E-state index in [0.717, 1.165) is 29.2 Å². The number of aromatic nitrogens is 4. The Labute approximate surface area is 142 Å². The highest BCUT2D eigenvalue weighted by molar-refractivity contribution is 7.15. The van der Waals surface area contributed by atoms with Crippen LogP contribution in [0.15, 0.2) is 22.7 Å².